The van der Waals surface area contributed by atoms with Crippen molar-refractivity contribution in [2.45, 2.75) is 10.6 Å². The Balaban J connectivity index is 1.97. The quantitative estimate of drug-likeness (QED) is 0.920. The van der Waals surface area contributed by atoms with Crippen LogP contribution in [0.25, 0.3) is 0 Å². The molecule has 0 unspecified atom stereocenters. The number of nitriles is 1. The van der Waals surface area contributed by atoms with Crippen LogP contribution in [0.4, 0.5) is 0 Å². The summed E-state index contributed by atoms with van der Waals surface area (Å²) in [7, 11) is -3.48. The van der Waals surface area contributed by atoms with Gasteiger partial charge in [0.15, 0.2) is 0 Å². The van der Waals surface area contributed by atoms with Crippen molar-refractivity contribution in [3.05, 3.63) is 39.4 Å². The number of nitrogens with one attached hydrogen (secondary N) is 1. The number of hydrogen-bond acceptors (Lipinski definition) is 5. The lowest BCUT2D eigenvalue weighted by atomic mass is 10.2. The lowest BCUT2D eigenvalue weighted by molar-refractivity contribution is 0.584. The molecule has 0 saturated heterocycles. The number of thiophene rings is 2. The van der Waals surface area contributed by atoms with E-state index in [4.69, 9.17) is 5.26 Å². The first-order valence-corrected chi connectivity index (χ1v) is 8.37. The SMILES string of the molecule is N#Cc1ccc(S(=O)(=O)NCCc2ccsc2)s1. The van der Waals surface area contributed by atoms with Crippen molar-refractivity contribution in [1.29, 1.82) is 5.26 Å². The molecule has 2 aromatic rings. The highest BCUT2D eigenvalue weighted by Gasteiger charge is 2.16. The van der Waals surface area contributed by atoms with E-state index in [1.807, 2.05) is 22.9 Å². The maximum absolute atomic E-state index is 11.9. The van der Waals surface area contributed by atoms with Crippen LogP contribution in [0.2, 0.25) is 0 Å². The van der Waals surface area contributed by atoms with Gasteiger partial charge in [0.05, 0.1) is 0 Å². The Morgan fingerprint density at radius 2 is 2.17 bits per heavy atom. The second-order valence-corrected chi connectivity index (χ2v) is 7.37. The van der Waals surface area contributed by atoms with E-state index >= 15 is 0 Å². The summed E-state index contributed by atoms with van der Waals surface area (Å²) in [6.45, 7) is 0.360. The molecule has 0 bridgehead atoms. The molecule has 0 amide bonds. The van der Waals surface area contributed by atoms with Gasteiger partial charge in [-0.05, 0) is 40.9 Å². The zero-order chi connectivity index (χ0) is 13.0. The third kappa shape index (κ3) is 3.17. The summed E-state index contributed by atoms with van der Waals surface area (Å²) in [5, 5.41) is 12.6. The van der Waals surface area contributed by atoms with Crippen LogP contribution in [-0.4, -0.2) is 15.0 Å². The molecular formula is C11H10N2O2S3. The Labute approximate surface area is 114 Å². The third-order valence-electron chi connectivity index (χ3n) is 2.24. The summed E-state index contributed by atoms with van der Waals surface area (Å²) in [5.74, 6) is 0. The van der Waals surface area contributed by atoms with Crippen molar-refractivity contribution in [3.63, 3.8) is 0 Å². The zero-order valence-corrected chi connectivity index (χ0v) is 11.7. The van der Waals surface area contributed by atoms with Crippen molar-refractivity contribution in [2.24, 2.45) is 0 Å². The Hall–Kier alpha value is -1.20. The van der Waals surface area contributed by atoms with Gasteiger partial charge in [-0.15, -0.1) is 11.3 Å². The topological polar surface area (TPSA) is 70.0 Å². The normalized spacial score (nSPS) is 11.3. The molecule has 4 nitrogen and oxygen atoms in total. The van der Waals surface area contributed by atoms with Gasteiger partial charge >= 0.3 is 0 Å². The summed E-state index contributed by atoms with van der Waals surface area (Å²) in [6, 6.07) is 6.86. The highest BCUT2D eigenvalue weighted by molar-refractivity contribution is 7.91. The molecule has 1 N–H and O–H groups in total. The van der Waals surface area contributed by atoms with Crippen LogP contribution >= 0.6 is 22.7 Å². The molecule has 0 radical (unpaired) electrons. The summed E-state index contributed by atoms with van der Waals surface area (Å²) < 4.78 is 26.5. The van der Waals surface area contributed by atoms with Crippen molar-refractivity contribution < 1.29 is 8.42 Å². The van der Waals surface area contributed by atoms with Crippen LogP contribution in [0.5, 0.6) is 0 Å². The van der Waals surface area contributed by atoms with E-state index in [0.29, 0.717) is 17.8 Å². The summed E-state index contributed by atoms with van der Waals surface area (Å²) in [4.78, 5) is 0.396. The van der Waals surface area contributed by atoms with Crippen LogP contribution in [-0.2, 0) is 16.4 Å². The molecule has 0 aliphatic carbocycles. The molecule has 2 heterocycles. The molecule has 94 valence electrons. The fourth-order valence-electron chi connectivity index (χ4n) is 1.36. The highest BCUT2D eigenvalue weighted by atomic mass is 32.2. The molecular weight excluding hydrogens is 288 g/mol. The molecule has 7 heteroatoms. The van der Waals surface area contributed by atoms with Gasteiger partial charge in [-0.25, -0.2) is 13.1 Å². The predicted octanol–water partition coefficient (Wildman–Crippen LogP) is 2.20. The highest BCUT2D eigenvalue weighted by Crippen LogP contribution is 2.20. The van der Waals surface area contributed by atoms with Gasteiger partial charge in [0, 0.05) is 6.54 Å². The molecule has 0 fully saturated rings. The molecule has 0 aromatic carbocycles. The van der Waals surface area contributed by atoms with E-state index in [0.717, 1.165) is 16.9 Å². The van der Waals surface area contributed by atoms with Crippen LogP contribution in [0.15, 0.2) is 33.2 Å². The Morgan fingerprint density at radius 1 is 1.33 bits per heavy atom. The smallest absolute Gasteiger partial charge is 0.210 e. The molecule has 18 heavy (non-hydrogen) atoms. The van der Waals surface area contributed by atoms with Crippen molar-refractivity contribution in [1.82, 2.24) is 4.72 Å². The van der Waals surface area contributed by atoms with Crippen LogP contribution in [0.3, 0.4) is 0 Å². The Morgan fingerprint density at radius 3 is 2.78 bits per heavy atom. The number of sulfonamides is 1. The molecule has 2 rings (SSSR count). The van der Waals surface area contributed by atoms with E-state index in [9.17, 15) is 8.42 Å². The predicted molar refractivity (Wildman–Crippen MR) is 72.2 cm³/mol. The first-order valence-electron chi connectivity index (χ1n) is 5.12. The first kappa shape index (κ1) is 13.2. The molecule has 0 atom stereocenters. The van der Waals surface area contributed by atoms with Gasteiger partial charge in [0.1, 0.15) is 15.2 Å². The number of nitrogens with zero attached hydrogens (tertiary/aromatic N) is 1. The molecule has 0 spiro atoms. The second-order valence-electron chi connectivity index (χ2n) is 3.51. The summed E-state index contributed by atoms with van der Waals surface area (Å²) in [5.41, 5.74) is 1.12. The number of rotatable bonds is 5. The van der Waals surface area contributed by atoms with Crippen LogP contribution in [0.1, 0.15) is 10.4 Å². The largest absolute Gasteiger partial charge is 0.250 e. The maximum atomic E-state index is 11.9. The van der Waals surface area contributed by atoms with Crippen molar-refractivity contribution in [2.75, 3.05) is 6.54 Å². The van der Waals surface area contributed by atoms with E-state index in [2.05, 4.69) is 4.72 Å². The van der Waals surface area contributed by atoms with E-state index in [-0.39, 0.29) is 4.21 Å². The lowest BCUT2D eigenvalue weighted by Crippen LogP contribution is -2.25. The summed E-state index contributed by atoms with van der Waals surface area (Å²) >= 11 is 2.57. The first-order chi connectivity index (χ1) is 8.62. The van der Waals surface area contributed by atoms with Crippen LogP contribution in [0, 0.1) is 11.3 Å². The minimum atomic E-state index is -3.48. The van der Waals surface area contributed by atoms with Gasteiger partial charge in [0.2, 0.25) is 10.0 Å². The van der Waals surface area contributed by atoms with E-state index in [1.54, 1.807) is 11.3 Å². The van der Waals surface area contributed by atoms with Crippen molar-refractivity contribution in [3.8, 4) is 6.07 Å². The van der Waals surface area contributed by atoms with Gasteiger partial charge < -0.3 is 0 Å². The fraction of sp³-hybridized carbons (Fsp3) is 0.182. The molecule has 2 aromatic heterocycles. The Bertz CT molecular complexity index is 651. The standard InChI is InChI=1S/C11H10N2O2S3/c12-7-10-1-2-11(17-10)18(14,15)13-5-3-9-4-6-16-8-9/h1-2,4,6,8,13H,3,5H2. The van der Waals surface area contributed by atoms with Gasteiger partial charge in [0.25, 0.3) is 0 Å². The monoisotopic (exact) mass is 298 g/mol. The Kier molecular flexibility index (Phi) is 4.14. The van der Waals surface area contributed by atoms with Gasteiger partial charge in [-0.1, -0.05) is 0 Å². The second kappa shape index (κ2) is 5.63. The minimum absolute atomic E-state index is 0.185. The average molecular weight is 298 g/mol. The lowest BCUT2D eigenvalue weighted by Gasteiger charge is -2.03. The van der Waals surface area contributed by atoms with Crippen molar-refractivity contribution >= 4 is 32.7 Å². The molecule has 0 aliphatic rings. The fourth-order valence-corrected chi connectivity index (χ4v) is 4.24. The third-order valence-corrected chi connectivity index (χ3v) is 5.92. The average Bonchev–Trinajstić information content (AvgIpc) is 2.99. The van der Waals surface area contributed by atoms with Crippen LogP contribution < -0.4 is 4.72 Å². The molecule has 0 saturated carbocycles. The number of hydrogen-bond donors (Lipinski definition) is 1. The maximum Gasteiger partial charge on any atom is 0.250 e. The van der Waals surface area contributed by atoms with E-state index < -0.39 is 10.0 Å². The summed E-state index contributed by atoms with van der Waals surface area (Å²) in [6.07, 6.45) is 0.666. The van der Waals surface area contributed by atoms with E-state index in [1.165, 1.54) is 12.1 Å². The minimum Gasteiger partial charge on any atom is -0.210 e. The van der Waals surface area contributed by atoms with Gasteiger partial charge in [-0.2, -0.15) is 16.6 Å². The zero-order valence-electron chi connectivity index (χ0n) is 9.29. The molecule has 0 aliphatic heterocycles. The van der Waals surface area contributed by atoms with Gasteiger partial charge in [-0.3, -0.25) is 0 Å².